The number of aliphatic hydroxyl groups is 1. The highest BCUT2D eigenvalue weighted by Gasteiger charge is 2.36. The second kappa shape index (κ2) is 6.02. The van der Waals surface area contributed by atoms with Crippen LogP contribution >= 0.6 is 0 Å². The largest absolute Gasteiger partial charge is 0.390 e. The first-order valence-electron chi connectivity index (χ1n) is 6.43. The number of aryl methyl sites for hydroxylation is 1. The molecule has 1 aromatic rings. The second-order valence-electron chi connectivity index (χ2n) is 4.81. The Morgan fingerprint density at radius 2 is 2.25 bits per heavy atom. The molecule has 1 saturated heterocycles. The van der Waals surface area contributed by atoms with Crippen molar-refractivity contribution in [1.82, 2.24) is 9.55 Å². The molecule has 0 amide bonds. The summed E-state index contributed by atoms with van der Waals surface area (Å²) in [7, 11) is -1.05. The third-order valence-electron chi connectivity index (χ3n) is 3.33. The van der Waals surface area contributed by atoms with Gasteiger partial charge in [-0.15, -0.1) is 0 Å². The summed E-state index contributed by atoms with van der Waals surface area (Å²) in [6, 6.07) is 0. The Labute approximate surface area is 118 Å². The molecule has 4 atom stereocenters. The summed E-state index contributed by atoms with van der Waals surface area (Å²) in [6.07, 6.45) is -0.323. The van der Waals surface area contributed by atoms with Crippen molar-refractivity contribution in [2.24, 2.45) is 0 Å². The molecule has 2 rings (SSSR count). The molecule has 112 valence electrons. The van der Waals surface area contributed by atoms with Gasteiger partial charge in [-0.05, 0) is 6.92 Å². The van der Waals surface area contributed by atoms with E-state index in [4.69, 9.17) is 4.74 Å². The summed E-state index contributed by atoms with van der Waals surface area (Å²) in [5, 5.41) is 9.93. The molecule has 0 saturated carbocycles. The van der Waals surface area contributed by atoms with Crippen molar-refractivity contribution in [2.45, 2.75) is 38.7 Å². The first-order valence-corrected chi connectivity index (χ1v) is 7.91. The fraction of sp³-hybridized carbons (Fsp3) is 0.667. The molecule has 8 heteroatoms. The predicted molar refractivity (Wildman–Crippen MR) is 74.1 cm³/mol. The molecule has 0 spiro atoms. The lowest BCUT2D eigenvalue weighted by Gasteiger charge is -2.15. The highest BCUT2D eigenvalue weighted by molar-refractivity contribution is 7.84. The summed E-state index contributed by atoms with van der Waals surface area (Å²) >= 11 is 0. The molecule has 2 N–H and O–H groups in total. The maximum Gasteiger partial charge on any atom is 0.330 e. The van der Waals surface area contributed by atoms with Gasteiger partial charge >= 0.3 is 5.69 Å². The van der Waals surface area contributed by atoms with Crippen molar-refractivity contribution < 1.29 is 14.1 Å². The molecule has 0 aliphatic carbocycles. The van der Waals surface area contributed by atoms with Gasteiger partial charge in [0.05, 0.1) is 18.0 Å². The van der Waals surface area contributed by atoms with Crippen LogP contribution in [0.1, 0.15) is 25.1 Å². The van der Waals surface area contributed by atoms with Gasteiger partial charge in [-0.3, -0.25) is 18.6 Å². The van der Waals surface area contributed by atoms with Crippen LogP contribution in [-0.4, -0.2) is 42.6 Å². The van der Waals surface area contributed by atoms with Crippen molar-refractivity contribution in [3.8, 4) is 0 Å². The minimum atomic E-state index is -1.05. The molecule has 0 radical (unpaired) electrons. The van der Waals surface area contributed by atoms with E-state index in [0.717, 1.165) is 0 Å². The third kappa shape index (κ3) is 3.08. The van der Waals surface area contributed by atoms with Gasteiger partial charge in [0.1, 0.15) is 6.23 Å². The zero-order chi connectivity index (χ0) is 14.9. The van der Waals surface area contributed by atoms with Gasteiger partial charge in [-0.25, -0.2) is 4.79 Å². The molecule has 1 fully saturated rings. The highest BCUT2D eigenvalue weighted by atomic mass is 32.2. The summed E-state index contributed by atoms with van der Waals surface area (Å²) in [5.41, 5.74) is -0.619. The van der Waals surface area contributed by atoms with Gasteiger partial charge in [-0.2, -0.15) is 0 Å². The van der Waals surface area contributed by atoms with Crippen molar-refractivity contribution >= 4 is 10.8 Å². The summed E-state index contributed by atoms with van der Waals surface area (Å²) in [6.45, 7) is 3.38. The van der Waals surface area contributed by atoms with E-state index in [1.54, 1.807) is 13.8 Å². The van der Waals surface area contributed by atoms with E-state index in [2.05, 4.69) is 4.98 Å². The lowest BCUT2D eigenvalue weighted by atomic mass is 10.2. The van der Waals surface area contributed by atoms with E-state index in [0.29, 0.717) is 11.3 Å². The molecule has 1 aromatic heterocycles. The Hall–Kier alpha value is -1.25. The normalized spacial score (nSPS) is 27.6. The Bertz CT molecular complexity index is 623. The van der Waals surface area contributed by atoms with E-state index in [9.17, 15) is 18.9 Å². The zero-order valence-electron chi connectivity index (χ0n) is 11.4. The molecule has 1 aliphatic rings. The number of nitrogens with zero attached hydrogens (tertiary/aromatic N) is 1. The first-order chi connectivity index (χ1) is 9.42. The SMILES string of the molecule is CCS(=O)CC1OC(n2cc(C)c(=O)[nH]c2=O)CC1O. The van der Waals surface area contributed by atoms with Crippen LogP contribution in [0.3, 0.4) is 0 Å². The number of aliphatic hydroxyl groups excluding tert-OH is 1. The summed E-state index contributed by atoms with van der Waals surface area (Å²) in [5.74, 6) is 0.736. The Morgan fingerprint density at radius 3 is 2.90 bits per heavy atom. The number of H-pyrrole nitrogens is 1. The Kier molecular flexibility index (Phi) is 4.56. The summed E-state index contributed by atoms with van der Waals surface area (Å²) in [4.78, 5) is 25.3. The second-order valence-corrected chi connectivity index (χ2v) is 6.60. The van der Waals surface area contributed by atoms with E-state index in [-0.39, 0.29) is 12.2 Å². The van der Waals surface area contributed by atoms with Crippen LogP contribution in [0.25, 0.3) is 0 Å². The maximum atomic E-state index is 11.8. The number of ether oxygens (including phenoxy) is 1. The topological polar surface area (TPSA) is 101 Å². The third-order valence-corrected chi connectivity index (χ3v) is 4.68. The Morgan fingerprint density at radius 1 is 1.55 bits per heavy atom. The van der Waals surface area contributed by atoms with Crippen LogP contribution < -0.4 is 11.2 Å². The fourth-order valence-corrected chi connectivity index (χ4v) is 3.04. The van der Waals surface area contributed by atoms with Gasteiger partial charge in [0.15, 0.2) is 0 Å². The minimum absolute atomic E-state index is 0.233. The van der Waals surface area contributed by atoms with Crippen molar-refractivity contribution in [2.75, 3.05) is 11.5 Å². The molecule has 1 aliphatic heterocycles. The van der Waals surface area contributed by atoms with Gasteiger partial charge < -0.3 is 9.84 Å². The number of aromatic nitrogens is 2. The fourth-order valence-electron chi connectivity index (χ4n) is 2.14. The first kappa shape index (κ1) is 15.1. The lowest BCUT2D eigenvalue weighted by molar-refractivity contribution is -0.00804. The van der Waals surface area contributed by atoms with Gasteiger partial charge in [0.25, 0.3) is 5.56 Å². The minimum Gasteiger partial charge on any atom is -0.390 e. The zero-order valence-corrected chi connectivity index (χ0v) is 12.2. The molecule has 0 bridgehead atoms. The molecule has 4 unspecified atom stereocenters. The van der Waals surface area contributed by atoms with Crippen LogP contribution in [0.15, 0.2) is 15.8 Å². The van der Waals surface area contributed by atoms with Crippen molar-refractivity contribution in [3.05, 3.63) is 32.6 Å². The van der Waals surface area contributed by atoms with Crippen molar-refractivity contribution in [3.63, 3.8) is 0 Å². The van der Waals surface area contributed by atoms with E-state index in [1.807, 2.05) is 0 Å². The Balaban J connectivity index is 2.20. The number of hydrogen-bond donors (Lipinski definition) is 2. The van der Waals surface area contributed by atoms with Crippen LogP contribution in [0.2, 0.25) is 0 Å². The van der Waals surface area contributed by atoms with Gasteiger partial charge in [0, 0.05) is 34.7 Å². The smallest absolute Gasteiger partial charge is 0.330 e. The molecule has 20 heavy (non-hydrogen) atoms. The molecule has 0 aromatic carbocycles. The molecule has 2 heterocycles. The van der Waals surface area contributed by atoms with Crippen molar-refractivity contribution in [1.29, 1.82) is 0 Å². The van der Waals surface area contributed by atoms with E-state index in [1.165, 1.54) is 10.8 Å². The van der Waals surface area contributed by atoms with Gasteiger partial charge in [0.2, 0.25) is 0 Å². The average Bonchev–Trinajstić information content (AvgIpc) is 2.75. The van der Waals surface area contributed by atoms with Crippen LogP contribution in [-0.2, 0) is 15.5 Å². The predicted octanol–water partition coefficient (Wildman–Crippen LogP) is -0.738. The van der Waals surface area contributed by atoms with Crippen LogP contribution in [0, 0.1) is 6.92 Å². The monoisotopic (exact) mass is 302 g/mol. The molecular weight excluding hydrogens is 284 g/mol. The number of hydrogen-bond acceptors (Lipinski definition) is 5. The maximum absolute atomic E-state index is 11.8. The summed E-state index contributed by atoms with van der Waals surface area (Å²) < 4.78 is 18.4. The highest BCUT2D eigenvalue weighted by Crippen LogP contribution is 2.28. The lowest BCUT2D eigenvalue weighted by Crippen LogP contribution is -2.33. The van der Waals surface area contributed by atoms with E-state index >= 15 is 0 Å². The van der Waals surface area contributed by atoms with Crippen LogP contribution in [0.4, 0.5) is 0 Å². The van der Waals surface area contributed by atoms with Crippen LogP contribution in [0.5, 0.6) is 0 Å². The quantitative estimate of drug-likeness (QED) is 0.763. The number of nitrogens with one attached hydrogen (secondary N) is 1. The number of rotatable bonds is 4. The number of aromatic amines is 1. The van der Waals surface area contributed by atoms with E-state index < -0.39 is 40.5 Å². The molecular formula is C12H18N2O5S. The standard InChI is InChI=1S/C12H18N2O5S/c1-3-20(18)6-9-8(15)4-10(19-9)14-5-7(2)11(16)13-12(14)17/h5,8-10,15H,3-4,6H2,1-2H3,(H,13,16,17). The van der Waals surface area contributed by atoms with Gasteiger partial charge in [-0.1, -0.05) is 6.92 Å². The molecule has 7 nitrogen and oxygen atoms in total. The average molecular weight is 302 g/mol.